The molecule has 0 saturated heterocycles. The summed E-state index contributed by atoms with van der Waals surface area (Å²) in [5.74, 6) is 0. The van der Waals surface area contributed by atoms with Gasteiger partial charge in [0.2, 0.25) is 5.69 Å². The van der Waals surface area contributed by atoms with Crippen LogP contribution >= 0.6 is 0 Å². The van der Waals surface area contributed by atoms with E-state index in [1.807, 2.05) is 18.3 Å². The number of rotatable bonds is 2. The van der Waals surface area contributed by atoms with E-state index in [4.69, 9.17) is 0 Å². The van der Waals surface area contributed by atoms with Gasteiger partial charge in [0.1, 0.15) is 7.05 Å². The van der Waals surface area contributed by atoms with Gasteiger partial charge in [0, 0.05) is 35.3 Å². The fourth-order valence-corrected chi connectivity index (χ4v) is 2.12. The van der Waals surface area contributed by atoms with E-state index in [-0.39, 0.29) is 24.0 Å². The molecule has 0 radical (unpaired) electrons. The molecule has 3 heteroatoms. The molecule has 0 unspecified atom stereocenters. The minimum Gasteiger partial charge on any atom is -1.00 e. The molecule has 1 N–H and O–H groups in total. The second-order valence-electron chi connectivity index (χ2n) is 4.36. The Morgan fingerprint density at radius 3 is 2.63 bits per heavy atom. The highest BCUT2D eigenvalue weighted by molar-refractivity contribution is 5.91. The lowest BCUT2D eigenvalue weighted by atomic mass is 10.1. The standard InChI is InChI=1S/C16H14N2.HI/c1-18-11-5-4-6-14(18)10-9-13-12-17-16-8-3-2-7-15(13)16;/h2-12H,1H3;1H. The molecule has 1 aromatic carbocycles. The Morgan fingerprint density at radius 2 is 1.79 bits per heavy atom. The van der Waals surface area contributed by atoms with Gasteiger partial charge in [-0.25, -0.2) is 4.57 Å². The zero-order valence-electron chi connectivity index (χ0n) is 10.7. The van der Waals surface area contributed by atoms with E-state index < -0.39 is 0 Å². The van der Waals surface area contributed by atoms with Crippen LogP contribution in [0.15, 0.2) is 54.9 Å². The number of hydrogen-bond donors (Lipinski definition) is 1. The van der Waals surface area contributed by atoms with Crippen LogP contribution < -0.4 is 28.5 Å². The van der Waals surface area contributed by atoms with Crippen molar-refractivity contribution in [2.75, 3.05) is 0 Å². The lowest BCUT2D eigenvalue weighted by molar-refractivity contribution is -0.673. The summed E-state index contributed by atoms with van der Waals surface area (Å²) in [6.45, 7) is 0. The predicted molar refractivity (Wildman–Crippen MR) is 74.8 cm³/mol. The average Bonchev–Trinajstić information content (AvgIpc) is 2.81. The Kier molecular flexibility index (Phi) is 4.37. The second kappa shape index (κ2) is 6.02. The minimum atomic E-state index is 0. The molecular weight excluding hydrogens is 347 g/mol. The quantitative estimate of drug-likeness (QED) is 0.495. The molecular formula is C16H15IN2. The van der Waals surface area contributed by atoms with E-state index >= 15 is 0 Å². The Hall–Kier alpha value is -1.62. The summed E-state index contributed by atoms with van der Waals surface area (Å²) in [6, 6.07) is 14.5. The van der Waals surface area contributed by atoms with Gasteiger partial charge in [0.15, 0.2) is 6.20 Å². The molecule has 0 bridgehead atoms. The first-order valence-electron chi connectivity index (χ1n) is 6.03. The summed E-state index contributed by atoms with van der Waals surface area (Å²) in [5, 5.41) is 1.26. The van der Waals surface area contributed by atoms with Crippen LogP contribution in [-0.2, 0) is 7.05 Å². The summed E-state index contributed by atoms with van der Waals surface area (Å²) < 4.78 is 2.10. The fourth-order valence-electron chi connectivity index (χ4n) is 2.12. The van der Waals surface area contributed by atoms with Crippen molar-refractivity contribution in [1.82, 2.24) is 4.98 Å². The smallest absolute Gasteiger partial charge is 0.204 e. The summed E-state index contributed by atoms with van der Waals surface area (Å²) in [6.07, 6.45) is 8.38. The molecule has 2 aromatic heterocycles. The highest BCUT2D eigenvalue weighted by atomic mass is 127. The Labute approximate surface area is 129 Å². The van der Waals surface area contributed by atoms with Gasteiger partial charge in [-0.2, -0.15) is 0 Å². The van der Waals surface area contributed by atoms with Crippen LogP contribution in [0.1, 0.15) is 11.3 Å². The van der Waals surface area contributed by atoms with Crippen molar-refractivity contribution in [1.29, 1.82) is 0 Å². The first-order chi connectivity index (χ1) is 8.84. The van der Waals surface area contributed by atoms with Crippen LogP contribution in [0.2, 0.25) is 0 Å². The third-order valence-corrected chi connectivity index (χ3v) is 3.15. The Balaban J connectivity index is 0.00000133. The van der Waals surface area contributed by atoms with Gasteiger partial charge in [-0.3, -0.25) is 0 Å². The average molecular weight is 362 g/mol. The predicted octanol–water partition coefficient (Wildman–Crippen LogP) is 0.167. The molecule has 0 saturated carbocycles. The van der Waals surface area contributed by atoms with E-state index in [1.54, 1.807) is 0 Å². The zero-order chi connectivity index (χ0) is 12.4. The fraction of sp³-hybridized carbons (Fsp3) is 0.0625. The summed E-state index contributed by atoms with van der Waals surface area (Å²) in [5.41, 5.74) is 3.58. The lowest BCUT2D eigenvalue weighted by Gasteiger charge is -1.93. The van der Waals surface area contributed by atoms with Gasteiger partial charge in [-0.1, -0.05) is 18.2 Å². The van der Waals surface area contributed by atoms with Gasteiger partial charge in [-0.05, 0) is 23.8 Å². The van der Waals surface area contributed by atoms with E-state index in [9.17, 15) is 0 Å². The van der Waals surface area contributed by atoms with Crippen molar-refractivity contribution in [3.05, 3.63) is 66.1 Å². The number of para-hydroxylation sites is 1. The number of aromatic amines is 1. The third kappa shape index (κ3) is 2.87. The van der Waals surface area contributed by atoms with Crippen LogP contribution in [-0.4, -0.2) is 4.98 Å². The van der Waals surface area contributed by atoms with Crippen LogP contribution in [0.3, 0.4) is 0 Å². The van der Waals surface area contributed by atoms with Crippen molar-refractivity contribution in [2.24, 2.45) is 7.05 Å². The van der Waals surface area contributed by atoms with E-state index in [1.165, 1.54) is 22.2 Å². The van der Waals surface area contributed by atoms with Crippen LogP contribution in [0.5, 0.6) is 0 Å². The molecule has 2 nitrogen and oxygen atoms in total. The number of halogens is 1. The van der Waals surface area contributed by atoms with Gasteiger partial charge < -0.3 is 29.0 Å². The number of H-pyrrole nitrogens is 1. The largest absolute Gasteiger partial charge is 1.00 e. The second-order valence-corrected chi connectivity index (χ2v) is 4.36. The zero-order valence-corrected chi connectivity index (χ0v) is 12.8. The molecule has 96 valence electrons. The molecule has 3 rings (SSSR count). The third-order valence-electron chi connectivity index (χ3n) is 3.15. The molecule has 0 aliphatic rings. The first kappa shape index (κ1) is 13.8. The number of aromatic nitrogens is 2. The molecule has 19 heavy (non-hydrogen) atoms. The SMILES string of the molecule is C[n+]1ccccc1/C=C\c1c[nH]c2ccccc12.[I-]. The van der Waals surface area contributed by atoms with Gasteiger partial charge in [0.25, 0.3) is 0 Å². The molecule has 0 atom stereocenters. The topological polar surface area (TPSA) is 19.7 Å². The molecule has 0 aliphatic carbocycles. The van der Waals surface area contributed by atoms with Gasteiger partial charge >= 0.3 is 0 Å². The number of hydrogen-bond acceptors (Lipinski definition) is 0. The van der Waals surface area contributed by atoms with Gasteiger partial charge in [0.05, 0.1) is 0 Å². The van der Waals surface area contributed by atoms with Crippen LogP contribution in [0.25, 0.3) is 23.1 Å². The summed E-state index contributed by atoms with van der Waals surface area (Å²) in [4.78, 5) is 3.28. The maximum absolute atomic E-state index is 3.28. The first-order valence-corrected chi connectivity index (χ1v) is 6.03. The Bertz CT molecular complexity index is 713. The van der Waals surface area contributed by atoms with Gasteiger partial charge in [-0.15, -0.1) is 0 Å². The number of nitrogens with zero attached hydrogens (tertiary/aromatic N) is 1. The van der Waals surface area contributed by atoms with E-state index in [0.717, 1.165) is 0 Å². The number of fused-ring (bicyclic) bond motifs is 1. The normalized spacial score (nSPS) is 10.8. The maximum Gasteiger partial charge on any atom is 0.204 e. The van der Waals surface area contributed by atoms with Crippen molar-refractivity contribution >= 4 is 23.1 Å². The number of aryl methyl sites for hydroxylation is 1. The molecule has 0 aliphatic heterocycles. The molecule has 0 fully saturated rings. The summed E-state index contributed by atoms with van der Waals surface area (Å²) >= 11 is 0. The maximum atomic E-state index is 3.28. The van der Waals surface area contributed by atoms with Crippen LogP contribution in [0.4, 0.5) is 0 Å². The number of pyridine rings is 1. The van der Waals surface area contributed by atoms with Crippen molar-refractivity contribution in [3.63, 3.8) is 0 Å². The molecule has 2 heterocycles. The monoisotopic (exact) mass is 362 g/mol. The van der Waals surface area contributed by atoms with Crippen LogP contribution in [0, 0.1) is 0 Å². The molecule has 0 amide bonds. The molecule has 0 spiro atoms. The highest BCUT2D eigenvalue weighted by Gasteiger charge is 2.01. The van der Waals surface area contributed by atoms with E-state index in [2.05, 4.69) is 65.3 Å². The Morgan fingerprint density at radius 1 is 1.00 bits per heavy atom. The van der Waals surface area contributed by atoms with E-state index in [0.29, 0.717) is 0 Å². The number of nitrogens with one attached hydrogen (secondary N) is 1. The van der Waals surface area contributed by atoms with Crippen molar-refractivity contribution in [2.45, 2.75) is 0 Å². The van der Waals surface area contributed by atoms with Crippen molar-refractivity contribution in [3.8, 4) is 0 Å². The van der Waals surface area contributed by atoms with Crippen molar-refractivity contribution < 1.29 is 28.5 Å². The minimum absolute atomic E-state index is 0. The lowest BCUT2D eigenvalue weighted by Crippen LogP contribution is -3.00. The number of benzene rings is 1. The molecule has 3 aromatic rings. The summed E-state index contributed by atoms with van der Waals surface area (Å²) in [7, 11) is 2.05. The highest BCUT2D eigenvalue weighted by Crippen LogP contribution is 2.19.